The number of benzene rings is 1. The van der Waals surface area contributed by atoms with E-state index in [9.17, 15) is 13.2 Å². The van der Waals surface area contributed by atoms with Gasteiger partial charge in [-0.3, -0.25) is 4.79 Å². The number of para-hydroxylation sites is 1. The molecule has 0 heterocycles. The molecule has 0 saturated carbocycles. The Labute approximate surface area is 106 Å². The molecule has 6 nitrogen and oxygen atoms in total. The number of nitrogens with two attached hydrogens (primary N) is 1. The molecule has 7 heteroatoms. The van der Waals surface area contributed by atoms with Gasteiger partial charge in [-0.1, -0.05) is 19.1 Å². The smallest absolute Gasteiger partial charge is 0.307 e. The van der Waals surface area contributed by atoms with E-state index in [1.54, 1.807) is 12.1 Å². The van der Waals surface area contributed by atoms with Gasteiger partial charge in [0.05, 0.1) is 11.6 Å². The lowest BCUT2D eigenvalue weighted by Crippen LogP contribution is -2.34. The van der Waals surface area contributed by atoms with E-state index in [0.29, 0.717) is 0 Å². The van der Waals surface area contributed by atoms with Crippen molar-refractivity contribution in [2.45, 2.75) is 11.8 Å². The number of hydrogen-bond donors (Lipinski definition) is 2. The predicted octanol–water partition coefficient (Wildman–Crippen LogP) is 0.610. The minimum atomic E-state index is -3.75. The molecule has 18 heavy (non-hydrogen) atoms. The number of hydrogen-bond acceptors (Lipinski definition) is 4. The first-order valence-corrected chi connectivity index (χ1v) is 6.74. The molecule has 1 aromatic rings. The van der Waals surface area contributed by atoms with Gasteiger partial charge in [-0.25, -0.2) is 12.7 Å². The molecule has 1 rings (SSSR count). The number of carbonyl (C=O) groups is 1. The lowest BCUT2D eigenvalue weighted by Gasteiger charge is -2.20. The van der Waals surface area contributed by atoms with Crippen LogP contribution in [0.5, 0.6) is 0 Å². The van der Waals surface area contributed by atoms with Crippen molar-refractivity contribution in [3.63, 3.8) is 0 Å². The molecule has 0 aliphatic rings. The molecule has 100 valence electrons. The third-order valence-electron chi connectivity index (χ3n) is 2.56. The number of carboxylic acids is 1. The number of aliphatic carboxylic acids is 1. The second kappa shape index (κ2) is 5.36. The zero-order chi connectivity index (χ0) is 13.9. The molecule has 1 atom stereocenters. The highest BCUT2D eigenvalue weighted by molar-refractivity contribution is 7.89. The summed E-state index contributed by atoms with van der Waals surface area (Å²) in [6.45, 7) is 1.34. The van der Waals surface area contributed by atoms with Crippen molar-refractivity contribution in [3.05, 3.63) is 24.3 Å². The fourth-order valence-corrected chi connectivity index (χ4v) is 2.82. The highest BCUT2D eigenvalue weighted by Crippen LogP contribution is 2.21. The largest absolute Gasteiger partial charge is 0.481 e. The average Bonchev–Trinajstić information content (AvgIpc) is 2.28. The molecule has 0 fully saturated rings. The van der Waals surface area contributed by atoms with Gasteiger partial charge in [0, 0.05) is 13.6 Å². The van der Waals surface area contributed by atoms with Crippen LogP contribution in [0, 0.1) is 5.92 Å². The maximum Gasteiger partial charge on any atom is 0.307 e. The van der Waals surface area contributed by atoms with Crippen molar-refractivity contribution in [1.29, 1.82) is 0 Å². The standard InChI is InChI=1S/C11H16N2O4S/c1-8(11(14)15)7-13(2)18(16,17)10-6-4-3-5-9(10)12/h3-6,8H,7,12H2,1-2H3,(H,14,15). The van der Waals surface area contributed by atoms with Gasteiger partial charge in [0.2, 0.25) is 10.0 Å². The molecule has 0 aliphatic carbocycles. The van der Waals surface area contributed by atoms with Crippen LogP contribution in [-0.4, -0.2) is 37.4 Å². The van der Waals surface area contributed by atoms with Crippen LogP contribution in [-0.2, 0) is 14.8 Å². The van der Waals surface area contributed by atoms with Crippen molar-refractivity contribution in [2.24, 2.45) is 5.92 Å². The van der Waals surface area contributed by atoms with Crippen LogP contribution in [0.1, 0.15) is 6.92 Å². The molecule has 3 N–H and O–H groups in total. The van der Waals surface area contributed by atoms with Gasteiger partial charge in [-0.2, -0.15) is 0 Å². The van der Waals surface area contributed by atoms with Crippen molar-refractivity contribution in [2.75, 3.05) is 19.3 Å². The summed E-state index contributed by atoms with van der Waals surface area (Å²) in [5, 5.41) is 8.78. The number of sulfonamides is 1. The predicted molar refractivity (Wildman–Crippen MR) is 67.5 cm³/mol. The van der Waals surface area contributed by atoms with Crippen LogP contribution in [0.3, 0.4) is 0 Å². The lowest BCUT2D eigenvalue weighted by atomic mass is 10.2. The van der Waals surface area contributed by atoms with Crippen LogP contribution in [0.25, 0.3) is 0 Å². The molecule has 0 aliphatic heterocycles. The summed E-state index contributed by atoms with van der Waals surface area (Å²) < 4.78 is 25.3. The molecule has 0 aromatic heterocycles. The van der Waals surface area contributed by atoms with E-state index in [2.05, 4.69) is 0 Å². The summed E-state index contributed by atoms with van der Waals surface area (Å²) in [6, 6.07) is 6.08. The number of nitrogens with zero attached hydrogens (tertiary/aromatic N) is 1. The fourth-order valence-electron chi connectivity index (χ4n) is 1.45. The molecule has 0 bridgehead atoms. The first-order chi connectivity index (χ1) is 8.26. The van der Waals surface area contributed by atoms with Gasteiger partial charge in [-0.15, -0.1) is 0 Å². The van der Waals surface area contributed by atoms with Gasteiger partial charge in [0.25, 0.3) is 0 Å². The summed E-state index contributed by atoms with van der Waals surface area (Å²) in [5.74, 6) is -1.83. The maximum absolute atomic E-state index is 12.2. The Bertz CT molecular complexity index is 542. The Morgan fingerprint density at radius 1 is 1.44 bits per heavy atom. The Hall–Kier alpha value is -1.60. The van der Waals surface area contributed by atoms with E-state index in [4.69, 9.17) is 10.8 Å². The Morgan fingerprint density at radius 3 is 2.50 bits per heavy atom. The van der Waals surface area contributed by atoms with Gasteiger partial charge in [0.15, 0.2) is 0 Å². The van der Waals surface area contributed by atoms with E-state index >= 15 is 0 Å². The van der Waals surface area contributed by atoms with Gasteiger partial charge in [-0.05, 0) is 12.1 Å². The zero-order valence-corrected chi connectivity index (χ0v) is 11.0. The molecule has 0 radical (unpaired) electrons. The monoisotopic (exact) mass is 272 g/mol. The summed E-state index contributed by atoms with van der Waals surface area (Å²) in [5.41, 5.74) is 5.76. The first-order valence-electron chi connectivity index (χ1n) is 5.30. The molecule has 0 spiro atoms. The van der Waals surface area contributed by atoms with Crippen LogP contribution in [0.2, 0.25) is 0 Å². The minimum absolute atomic E-state index is 0.00918. The van der Waals surface area contributed by atoms with Crippen LogP contribution < -0.4 is 5.73 Å². The van der Waals surface area contributed by atoms with E-state index in [0.717, 1.165) is 4.31 Å². The highest BCUT2D eigenvalue weighted by Gasteiger charge is 2.26. The maximum atomic E-state index is 12.2. The zero-order valence-electron chi connectivity index (χ0n) is 10.2. The Kier molecular flexibility index (Phi) is 4.31. The van der Waals surface area contributed by atoms with Gasteiger partial charge < -0.3 is 10.8 Å². The quantitative estimate of drug-likeness (QED) is 0.765. The Balaban J connectivity index is 3.01. The summed E-state index contributed by atoms with van der Waals surface area (Å²) >= 11 is 0. The van der Waals surface area contributed by atoms with Crippen LogP contribution >= 0.6 is 0 Å². The second-order valence-corrected chi connectivity index (χ2v) is 6.08. The van der Waals surface area contributed by atoms with Crippen molar-refractivity contribution < 1.29 is 18.3 Å². The van der Waals surface area contributed by atoms with Crippen LogP contribution in [0.15, 0.2) is 29.2 Å². The van der Waals surface area contributed by atoms with Crippen molar-refractivity contribution in [1.82, 2.24) is 4.31 Å². The summed E-state index contributed by atoms with van der Waals surface area (Å²) in [7, 11) is -2.42. The molecule has 0 amide bonds. The summed E-state index contributed by atoms with van der Waals surface area (Å²) in [4.78, 5) is 10.7. The highest BCUT2D eigenvalue weighted by atomic mass is 32.2. The van der Waals surface area contributed by atoms with Gasteiger partial charge >= 0.3 is 5.97 Å². The summed E-state index contributed by atoms with van der Waals surface area (Å²) in [6.07, 6.45) is 0. The normalized spacial score (nSPS) is 13.5. The van der Waals surface area contributed by atoms with Crippen molar-refractivity contribution in [3.8, 4) is 0 Å². The topological polar surface area (TPSA) is 101 Å². The number of carboxylic acid groups (broad SMARTS) is 1. The average molecular weight is 272 g/mol. The SMILES string of the molecule is CC(CN(C)S(=O)(=O)c1ccccc1N)C(=O)O. The molecule has 1 unspecified atom stereocenters. The molecular weight excluding hydrogens is 256 g/mol. The third kappa shape index (κ3) is 2.99. The molecule has 0 saturated heterocycles. The number of rotatable bonds is 5. The van der Waals surface area contributed by atoms with E-state index in [-0.39, 0.29) is 17.1 Å². The van der Waals surface area contributed by atoms with Crippen molar-refractivity contribution >= 4 is 21.7 Å². The van der Waals surface area contributed by atoms with E-state index < -0.39 is 21.9 Å². The van der Waals surface area contributed by atoms with E-state index in [1.165, 1.54) is 26.1 Å². The fraction of sp³-hybridized carbons (Fsp3) is 0.364. The van der Waals surface area contributed by atoms with Gasteiger partial charge in [0.1, 0.15) is 4.90 Å². The molecule has 1 aromatic carbocycles. The Morgan fingerprint density at radius 2 is 2.00 bits per heavy atom. The second-order valence-electron chi connectivity index (χ2n) is 4.06. The minimum Gasteiger partial charge on any atom is -0.481 e. The van der Waals surface area contributed by atoms with E-state index in [1.807, 2.05) is 0 Å². The number of anilines is 1. The van der Waals surface area contributed by atoms with Crippen LogP contribution in [0.4, 0.5) is 5.69 Å². The third-order valence-corrected chi connectivity index (χ3v) is 4.46. The number of nitrogen functional groups attached to an aromatic ring is 1. The lowest BCUT2D eigenvalue weighted by molar-refractivity contribution is -0.141. The molecular formula is C11H16N2O4S. The first kappa shape index (κ1) is 14.5.